The molecule has 0 spiro atoms. The predicted octanol–water partition coefficient (Wildman–Crippen LogP) is 5.50. The van der Waals surface area contributed by atoms with E-state index in [0.29, 0.717) is 6.61 Å². The molecule has 4 aromatic rings. The normalized spacial score (nSPS) is 17.4. The van der Waals surface area contributed by atoms with Gasteiger partial charge in [0.05, 0.1) is 16.9 Å². The Morgan fingerprint density at radius 2 is 1.94 bits per heavy atom. The zero-order chi connectivity index (χ0) is 20.3. The summed E-state index contributed by atoms with van der Waals surface area (Å²) in [4.78, 5) is 17.3. The van der Waals surface area contributed by atoms with Crippen LogP contribution in [0.25, 0.3) is 10.9 Å². The average Bonchev–Trinajstić information content (AvgIpc) is 3.46. The zero-order valence-corrected chi connectivity index (χ0v) is 19.5. The number of hydrogen-bond acceptors (Lipinski definition) is 5. The van der Waals surface area contributed by atoms with Crippen molar-refractivity contribution in [1.29, 1.82) is 0 Å². The number of rotatable bonds is 5. The minimum atomic E-state index is -0.232. The molecule has 5 nitrogen and oxygen atoms in total. The van der Waals surface area contributed by atoms with Gasteiger partial charge < -0.3 is 4.74 Å². The van der Waals surface area contributed by atoms with Gasteiger partial charge in [0, 0.05) is 29.7 Å². The maximum atomic E-state index is 13.1. The van der Waals surface area contributed by atoms with Crippen molar-refractivity contribution in [3.8, 4) is 5.75 Å². The smallest absolute Gasteiger partial charge is 0.249 e. The fourth-order valence-electron chi connectivity index (χ4n) is 3.65. The molecule has 1 saturated heterocycles. The fourth-order valence-corrected chi connectivity index (χ4v) is 4.86. The number of hydrogen-bond donors (Lipinski definition) is 1. The molecular weight excluding hydrogens is 465 g/mol. The maximum absolute atomic E-state index is 13.1. The third-order valence-electron chi connectivity index (χ3n) is 5.21. The van der Waals surface area contributed by atoms with Crippen molar-refractivity contribution in [2.24, 2.45) is 0 Å². The summed E-state index contributed by atoms with van der Waals surface area (Å²) >= 11 is 1.74. The molecule has 1 aliphatic heterocycles. The number of thioether (sulfide) groups is 1. The highest BCUT2D eigenvalue weighted by Gasteiger charge is 2.31. The second-order valence-electron chi connectivity index (χ2n) is 7.24. The lowest BCUT2D eigenvalue weighted by molar-refractivity contribution is 0.0879. The largest absolute Gasteiger partial charge is 0.489 e. The first-order valence-corrected chi connectivity index (χ1v) is 10.9. The molecule has 8 heteroatoms. The molecule has 0 bridgehead atoms. The lowest BCUT2D eigenvalue weighted by Crippen LogP contribution is -2.37. The third kappa shape index (κ3) is 5.10. The van der Waals surface area contributed by atoms with Crippen molar-refractivity contribution >= 4 is 53.4 Å². The Labute approximate surface area is 203 Å². The fraction of sp³-hybridized carbons (Fsp3) is 0.167. The van der Waals surface area contributed by atoms with Gasteiger partial charge in [-0.3, -0.25) is 19.7 Å². The molecule has 1 fully saturated rings. The number of carbonyl (C=O) groups excluding carboxylic acids is 1. The van der Waals surface area contributed by atoms with Crippen LogP contribution in [0.15, 0.2) is 85.3 Å². The highest BCUT2D eigenvalue weighted by molar-refractivity contribution is 7.99. The maximum Gasteiger partial charge on any atom is 0.249 e. The topological polar surface area (TPSA) is 56.2 Å². The summed E-state index contributed by atoms with van der Waals surface area (Å²) in [6, 6.07) is 21.6. The molecule has 2 atom stereocenters. The number of halogens is 2. The van der Waals surface area contributed by atoms with E-state index in [2.05, 4.69) is 10.3 Å². The number of nitrogens with zero attached hydrogens (tertiary/aromatic N) is 2. The molecule has 32 heavy (non-hydrogen) atoms. The molecule has 2 aromatic carbocycles. The van der Waals surface area contributed by atoms with Crippen LogP contribution >= 0.6 is 36.6 Å². The molecule has 0 radical (unpaired) electrons. The van der Waals surface area contributed by atoms with Crippen LogP contribution < -0.4 is 10.1 Å². The molecule has 1 aliphatic rings. The van der Waals surface area contributed by atoms with Crippen LogP contribution in [-0.2, 0) is 6.61 Å². The molecule has 0 saturated carbocycles. The highest BCUT2D eigenvalue weighted by atomic mass is 35.5. The lowest BCUT2D eigenvalue weighted by atomic mass is 10.2. The van der Waals surface area contributed by atoms with Crippen LogP contribution in [-0.4, -0.2) is 27.3 Å². The van der Waals surface area contributed by atoms with Crippen molar-refractivity contribution in [2.45, 2.75) is 18.0 Å². The standard InChI is InChI=1S/C24H21N3O2S.2ClH/c28-24(21-16-30-23(26-21)19-7-4-11-25-14-19)27-12-10-18-13-20(8-9-22(18)27)29-15-17-5-2-1-3-6-17;;/h1-14,21,23,26H,15-16H2;2*1H. The highest BCUT2D eigenvalue weighted by Crippen LogP contribution is 2.33. The van der Waals surface area contributed by atoms with Gasteiger partial charge in [-0.25, -0.2) is 0 Å². The molecular formula is C24H23Cl2N3O2S. The molecule has 2 unspecified atom stereocenters. The van der Waals surface area contributed by atoms with Crippen LogP contribution in [0.2, 0.25) is 0 Å². The summed E-state index contributed by atoms with van der Waals surface area (Å²) in [7, 11) is 0. The Kier molecular flexibility index (Phi) is 8.21. The van der Waals surface area contributed by atoms with Crippen LogP contribution in [0.3, 0.4) is 0 Å². The van der Waals surface area contributed by atoms with E-state index in [9.17, 15) is 4.79 Å². The molecule has 0 aliphatic carbocycles. The van der Waals surface area contributed by atoms with Crippen LogP contribution in [0, 0.1) is 0 Å². The van der Waals surface area contributed by atoms with Crippen molar-refractivity contribution in [2.75, 3.05) is 5.75 Å². The van der Waals surface area contributed by atoms with Gasteiger partial charge in [-0.05, 0) is 41.5 Å². The Hall–Kier alpha value is -2.51. The van der Waals surface area contributed by atoms with Gasteiger partial charge in [-0.15, -0.1) is 36.6 Å². The van der Waals surface area contributed by atoms with Crippen LogP contribution in [0.1, 0.15) is 21.3 Å². The van der Waals surface area contributed by atoms with E-state index in [1.165, 1.54) is 0 Å². The van der Waals surface area contributed by atoms with E-state index in [1.807, 2.05) is 79.1 Å². The number of fused-ring (bicyclic) bond motifs is 1. The number of ether oxygens (including phenoxy) is 1. The first kappa shape index (κ1) is 24.1. The molecule has 1 N–H and O–H groups in total. The second kappa shape index (κ2) is 10.9. The number of pyridine rings is 1. The predicted molar refractivity (Wildman–Crippen MR) is 134 cm³/mol. The van der Waals surface area contributed by atoms with Gasteiger partial charge in [-0.2, -0.15) is 0 Å². The lowest BCUT2D eigenvalue weighted by Gasteiger charge is -2.14. The van der Waals surface area contributed by atoms with Gasteiger partial charge in [0.2, 0.25) is 5.91 Å². The molecule has 5 rings (SSSR count). The Morgan fingerprint density at radius 3 is 2.72 bits per heavy atom. The van der Waals surface area contributed by atoms with Gasteiger partial charge >= 0.3 is 0 Å². The van der Waals surface area contributed by atoms with E-state index in [-0.39, 0.29) is 42.1 Å². The van der Waals surface area contributed by atoms with Crippen molar-refractivity contribution in [3.05, 3.63) is 96.4 Å². The molecule has 0 amide bonds. The quantitative estimate of drug-likeness (QED) is 0.402. The third-order valence-corrected chi connectivity index (χ3v) is 6.48. The van der Waals surface area contributed by atoms with E-state index in [1.54, 1.807) is 22.5 Å². The monoisotopic (exact) mass is 487 g/mol. The van der Waals surface area contributed by atoms with E-state index in [4.69, 9.17) is 4.74 Å². The van der Waals surface area contributed by atoms with Gasteiger partial charge in [-0.1, -0.05) is 36.4 Å². The van der Waals surface area contributed by atoms with Crippen molar-refractivity contribution in [1.82, 2.24) is 14.9 Å². The summed E-state index contributed by atoms with van der Waals surface area (Å²) < 4.78 is 7.65. The van der Waals surface area contributed by atoms with E-state index < -0.39 is 0 Å². The summed E-state index contributed by atoms with van der Waals surface area (Å²) in [6.07, 6.45) is 5.45. The molecule has 2 aromatic heterocycles. The summed E-state index contributed by atoms with van der Waals surface area (Å²) in [5, 5.41) is 4.52. The van der Waals surface area contributed by atoms with E-state index >= 15 is 0 Å². The van der Waals surface area contributed by atoms with Crippen molar-refractivity contribution in [3.63, 3.8) is 0 Å². The van der Waals surface area contributed by atoms with Crippen LogP contribution in [0.5, 0.6) is 5.75 Å². The van der Waals surface area contributed by atoms with E-state index in [0.717, 1.165) is 33.5 Å². The van der Waals surface area contributed by atoms with Gasteiger partial charge in [0.25, 0.3) is 0 Å². The number of benzene rings is 2. The Morgan fingerprint density at radius 1 is 1.09 bits per heavy atom. The first-order valence-electron chi connectivity index (χ1n) is 9.87. The summed E-state index contributed by atoms with van der Waals surface area (Å²) in [5.41, 5.74) is 3.11. The average molecular weight is 488 g/mol. The second-order valence-corrected chi connectivity index (χ2v) is 8.38. The minimum Gasteiger partial charge on any atom is -0.489 e. The number of nitrogens with one attached hydrogen (secondary N) is 1. The Balaban J connectivity index is 0.00000144. The molecule has 166 valence electrons. The number of aromatic nitrogens is 2. The zero-order valence-electron chi connectivity index (χ0n) is 17.1. The Bertz CT molecular complexity index is 1170. The van der Waals surface area contributed by atoms with Crippen LogP contribution in [0.4, 0.5) is 0 Å². The summed E-state index contributed by atoms with van der Waals surface area (Å²) in [5.74, 6) is 1.58. The molecule has 3 heterocycles. The minimum absolute atomic E-state index is 0. The van der Waals surface area contributed by atoms with Gasteiger partial charge in [0.1, 0.15) is 12.4 Å². The first-order chi connectivity index (χ1) is 14.8. The summed E-state index contributed by atoms with van der Waals surface area (Å²) in [6.45, 7) is 0.519. The van der Waals surface area contributed by atoms with Gasteiger partial charge in [0.15, 0.2) is 0 Å². The SMILES string of the molecule is Cl.Cl.O=C(C1CSC(c2cccnc2)N1)n1ccc2cc(OCc3ccccc3)ccc21. The number of carbonyl (C=O) groups is 1. The van der Waals surface area contributed by atoms with Crippen molar-refractivity contribution < 1.29 is 9.53 Å².